The lowest BCUT2D eigenvalue weighted by molar-refractivity contribution is -0.350. The van der Waals surface area contributed by atoms with E-state index in [2.05, 4.69) is 13.8 Å². The molecule has 4 atom stereocenters. The fourth-order valence-electron chi connectivity index (χ4n) is 3.96. The molecule has 0 radical (unpaired) electrons. The van der Waals surface area contributed by atoms with Crippen LogP contribution in [0.1, 0.15) is 86.5 Å². The second-order valence-electron chi connectivity index (χ2n) is 6.62. The van der Waals surface area contributed by atoms with Crippen molar-refractivity contribution in [2.45, 2.75) is 108 Å². The summed E-state index contributed by atoms with van der Waals surface area (Å²) < 4.78 is 5.83. The van der Waals surface area contributed by atoms with Gasteiger partial charge in [-0.05, 0) is 42.4 Å². The summed E-state index contributed by atoms with van der Waals surface area (Å²) in [4.78, 5) is 0. The van der Waals surface area contributed by atoms with Crippen LogP contribution in [-0.4, -0.2) is 32.1 Å². The summed E-state index contributed by atoms with van der Waals surface area (Å²) in [7, 11) is 0.841. The summed E-state index contributed by atoms with van der Waals surface area (Å²) in [5.74, 6) is -2.32. The first kappa shape index (κ1) is 19.4. The van der Waals surface area contributed by atoms with Crippen LogP contribution in [0.15, 0.2) is 0 Å². The van der Waals surface area contributed by atoms with Gasteiger partial charge in [-0.3, -0.25) is 0 Å². The molecule has 0 aromatic carbocycles. The Hall–Kier alpha value is 0.310. The first-order chi connectivity index (χ1) is 9.78. The van der Waals surface area contributed by atoms with Gasteiger partial charge in [0.15, 0.2) is 11.6 Å². The van der Waals surface area contributed by atoms with Gasteiger partial charge in [-0.15, -0.1) is 8.58 Å². The van der Waals surface area contributed by atoms with Crippen molar-refractivity contribution in [1.29, 1.82) is 0 Å². The molecule has 4 unspecified atom stereocenters. The van der Waals surface area contributed by atoms with Gasteiger partial charge in [-0.2, -0.15) is 0 Å². The highest BCUT2D eigenvalue weighted by Gasteiger charge is 2.60. The van der Waals surface area contributed by atoms with Crippen molar-refractivity contribution >= 4 is 8.58 Å². The van der Waals surface area contributed by atoms with Gasteiger partial charge in [0.25, 0.3) is 0 Å². The Morgan fingerprint density at radius 2 is 1.10 bits per heavy atom. The number of rotatable bonds is 4. The molecule has 3 heterocycles. The van der Waals surface area contributed by atoms with Gasteiger partial charge in [-0.25, -0.2) is 0 Å². The summed E-state index contributed by atoms with van der Waals surface area (Å²) in [5.41, 5.74) is 0. The molecular weight excluding hydrogens is 283 g/mol. The summed E-state index contributed by atoms with van der Waals surface area (Å²) >= 11 is 0. The van der Waals surface area contributed by atoms with Crippen molar-refractivity contribution < 1.29 is 14.9 Å². The predicted molar refractivity (Wildman–Crippen MR) is 91.1 cm³/mol. The van der Waals surface area contributed by atoms with Crippen molar-refractivity contribution in [2.24, 2.45) is 0 Å². The van der Waals surface area contributed by atoms with Gasteiger partial charge >= 0.3 is 0 Å². The Morgan fingerprint density at radius 3 is 1.33 bits per heavy atom. The van der Waals surface area contributed by atoms with Gasteiger partial charge in [0.2, 0.25) is 0 Å². The van der Waals surface area contributed by atoms with E-state index < -0.39 is 11.6 Å². The second-order valence-corrected chi connectivity index (χ2v) is 9.00. The normalized spacial score (nSPS) is 46.9. The number of fused-ring (bicyclic) bond motifs is 4. The van der Waals surface area contributed by atoms with Crippen molar-refractivity contribution in [2.75, 3.05) is 0 Å². The Balaban J connectivity index is 0.00000106. The van der Waals surface area contributed by atoms with Crippen molar-refractivity contribution in [3.8, 4) is 0 Å². The number of hydrogen-bond acceptors (Lipinski definition) is 3. The van der Waals surface area contributed by atoms with Crippen LogP contribution in [0.2, 0.25) is 0 Å². The highest BCUT2D eigenvalue weighted by molar-refractivity contribution is 7.44. The summed E-state index contributed by atoms with van der Waals surface area (Å²) in [5, 5.41) is 21.9. The lowest BCUT2D eigenvalue weighted by Gasteiger charge is -2.62. The molecule has 3 rings (SSSR count). The Morgan fingerprint density at radius 1 is 0.762 bits per heavy atom. The smallest absolute Gasteiger partial charge is 0.169 e. The fourth-order valence-corrected chi connectivity index (χ4v) is 6.72. The lowest BCUT2D eigenvalue weighted by atomic mass is 9.77. The Kier molecular flexibility index (Phi) is 6.29. The quantitative estimate of drug-likeness (QED) is 0.755. The number of aliphatic hydroxyl groups is 2. The first-order valence-electron chi connectivity index (χ1n) is 8.72. The van der Waals surface area contributed by atoms with E-state index in [-0.39, 0.29) is 10.3 Å². The monoisotopic (exact) mass is 318 g/mol. The van der Waals surface area contributed by atoms with Gasteiger partial charge in [0.1, 0.15) is 0 Å². The average Bonchev–Trinajstić information content (AvgIpc) is 2.45. The van der Waals surface area contributed by atoms with E-state index in [4.69, 9.17) is 4.74 Å². The minimum absolute atomic E-state index is 0.246. The molecule has 0 amide bonds. The number of hydrogen-bond donors (Lipinski definition) is 2. The standard InChI is InChI=1S/C15H29O3P.C2H6/c1-5-12-9-13(6-2,19-12)11-15(17,8-4)18-14(16,7-3)10-12;1-2/h16-17,19H,5-11H2,1-4H3;1-2H3. The van der Waals surface area contributed by atoms with Crippen LogP contribution < -0.4 is 0 Å². The lowest BCUT2D eigenvalue weighted by Crippen LogP contribution is -2.61. The third-order valence-corrected chi connectivity index (χ3v) is 7.75. The molecule has 126 valence electrons. The topological polar surface area (TPSA) is 49.7 Å². The van der Waals surface area contributed by atoms with Crippen LogP contribution in [0.25, 0.3) is 0 Å². The molecule has 2 N–H and O–H groups in total. The van der Waals surface area contributed by atoms with Crippen LogP contribution in [0.4, 0.5) is 0 Å². The third kappa shape index (κ3) is 3.80. The van der Waals surface area contributed by atoms with Gasteiger partial charge in [0, 0.05) is 12.8 Å². The van der Waals surface area contributed by atoms with E-state index in [0.29, 0.717) is 25.7 Å². The molecule has 21 heavy (non-hydrogen) atoms. The van der Waals surface area contributed by atoms with E-state index in [9.17, 15) is 10.2 Å². The second kappa shape index (κ2) is 6.83. The van der Waals surface area contributed by atoms with Crippen molar-refractivity contribution in [3.05, 3.63) is 0 Å². The minimum Gasteiger partial charge on any atom is -0.365 e. The molecule has 3 aliphatic heterocycles. The molecule has 2 bridgehead atoms. The molecular formula is C17H35O3P. The van der Waals surface area contributed by atoms with Crippen LogP contribution in [0.5, 0.6) is 0 Å². The SMILES string of the molecule is CC.CCC1(O)CC2(CC)CC(CC)(CC(O)(CC)O1)P2. The highest BCUT2D eigenvalue weighted by atomic mass is 31.1. The molecule has 0 aliphatic carbocycles. The largest absolute Gasteiger partial charge is 0.365 e. The average molecular weight is 318 g/mol. The van der Waals surface area contributed by atoms with Crippen molar-refractivity contribution in [1.82, 2.24) is 0 Å². The predicted octanol–water partition coefficient (Wildman–Crippen LogP) is 4.40. The van der Waals surface area contributed by atoms with E-state index >= 15 is 0 Å². The third-order valence-electron chi connectivity index (χ3n) is 5.27. The first-order valence-corrected chi connectivity index (χ1v) is 9.72. The Labute approximate surface area is 132 Å². The summed E-state index contributed by atoms with van der Waals surface area (Å²) in [6.45, 7) is 12.3. The molecule has 3 saturated heterocycles. The molecule has 0 aromatic rings. The zero-order chi connectivity index (χ0) is 16.4. The fraction of sp³-hybridized carbons (Fsp3) is 1.00. The molecule has 0 aromatic heterocycles. The van der Waals surface area contributed by atoms with Crippen LogP contribution in [0, 0.1) is 0 Å². The maximum absolute atomic E-state index is 10.7. The van der Waals surface area contributed by atoms with E-state index in [1.54, 1.807) is 0 Å². The van der Waals surface area contributed by atoms with E-state index in [1.807, 2.05) is 27.7 Å². The molecule has 3 aliphatic rings. The van der Waals surface area contributed by atoms with Gasteiger partial charge < -0.3 is 14.9 Å². The van der Waals surface area contributed by atoms with E-state index in [0.717, 1.165) is 27.8 Å². The molecule has 3 nitrogen and oxygen atoms in total. The molecule has 3 fully saturated rings. The minimum atomic E-state index is -1.16. The highest BCUT2D eigenvalue weighted by Crippen LogP contribution is 2.70. The maximum Gasteiger partial charge on any atom is 0.169 e. The molecule has 0 saturated carbocycles. The summed E-state index contributed by atoms with van der Waals surface area (Å²) in [6, 6.07) is 0. The van der Waals surface area contributed by atoms with Crippen LogP contribution in [-0.2, 0) is 4.74 Å². The molecule has 0 spiro atoms. The van der Waals surface area contributed by atoms with Gasteiger partial charge in [-0.1, -0.05) is 41.5 Å². The zero-order valence-electron chi connectivity index (χ0n) is 14.8. The van der Waals surface area contributed by atoms with Crippen molar-refractivity contribution in [3.63, 3.8) is 0 Å². The van der Waals surface area contributed by atoms with E-state index in [1.165, 1.54) is 0 Å². The zero-order valence-corrected chi connectivity index (χ0v) is 15.8. The number of ether oxygens (including phenoxy) is 1. The maximum atomic E-state index is 10.7. The van der Waals surface area contributed by atoms with Crippen LogP contribution in [0.3, 0.4) is 0 Å². The summed E-state index contributed by atoms with van der Waals surface area (Å²) in [6.07, 6.45) is 5.78. The molecule has 4 heteroatoms. The van der Waals surface area contributed by atoms with Crippen LogP contribution >= 0.6 is 8.58 Å². The van der Waals surface area contributed by atoms with Gasteiger partial charge in [0.05, 0.1) is 0 Å². The Bertz CT molecular complexity index is 303.